The molecule has 4 nitrogen and oxygen atoms in total. The fraction of sp³-hybridized carbons (Fsp3) is 0.407. The molecule has 2 aromatic rings. The molecule has 0 N–H and O–H groups in total. The molecular weight excluding hydrogens is 380 g/mol. The number of rotatable bonds is 6. The number of nitrogens with zero attached hydrogens (tertiary/aromatic N) is 4. The van der Waals surface area contributed by atoms with Crippen LogP contribution in [0.25, 0.3) is 0 Å². The average Bonchev–Trinajstić information content (AvgIpc) is 3.32. The quantitative estimate of drug-likeness (QED) is 0.555. The maximum Gasteiger partial charge on any atom is 0.103 e. The summed E-state index contributed by atoms with van der Waals surface area (Å²) in [6.45, 7) is 14.0. The molecule has 0 fully saturated rings. The molecule has 0 amide bonds. The van der Waals surface area contributed by atoms with E-state index < -0.39 is 0 Å². The fourth-order valence-electron chi connectivity index (χ4n) is 5.51. The number of benzene rings is 2. The molecule has 31 heavy (non-hydrogen) atoms. The topological polar surface area (TPSA) is 13.0 Å². The summed E-state index contributed by atoms with van der Waals surface area (Å²) in [5, 5.41) is 0. The zero-order chi connectivity index (χ0) is 22.2. The van der Waals surface area contributed by atoms with Gasteiger partial charge in [0.05, 0.1) is 0 Å². The Labute approximate surface area is 188 Å². The van der Waals surface area contributed by atoms with Crippen LogP contribution in [0.2, 0.25) is 0 Å². The first-order chi connectivity index (χ1) is 14.7. The zero-order valence-corrected chi connectivity index (χ0v) is 19.7. The lowest BCUT2D eigenvalue weighted by Gasteiger charge is -2.49. The van der Waals surface area contributed by atoms with Crippen LogP contribution >= 0.6 is 0 Å². The minimum atomic E-state index is -0.00330. The molecular formula is C27H36N4. The van der Waals surface area contributed by atoms with Crippen LogP contribution in [0.5, 0.6) is 0 Å². The van der Waals surface area contributed by atoms with Crippen LogP contribution in [-0.4, -0.2) is 33.2 Å². The van der Waals surface area contributed by atoms with E-state index >= 15 is 0 Å². The lowest BCUT2D eigenvalue weighted by atomic mass is 9.84. The molecule has 0 unspecified atom stereocenters. The lowest BCUT2D eigenvalue weighted by Crippen LogP contribution is -2.56. The number of hydrogen-bond donors (Lipinski definition) is 0. The van der Waals surface area contributed by atoms with Gasteiger partial charge in [-0.15, -0.1) is 0 Å². The number of anilines is 2. The lowest BCUT2D eigenvalue weighted by molar-refractivity contribution is 0.0564. The maximum atomic E-state index is 2.50. The highest BCUT2D eigenvalue weighted by Gasteiger charge is 2.42. The van der Waals surface area contributed by atoms with Crippen LogP contribution in [0.4, 0.5) is 11.4 Å². The van der Waals surface area contributed by atoms with Crippen LogP contribution in [0.3, 0.4) is 0 Å². The van der Waals surface area contributed by atoms with Crippen LogP contribution < -0.4 is 9.80 Å². The van der Waals surface area contributed by atoms with E-state index in [2.05, 4.69) is 147 Å². The summed E-state index contributed by atoms with van der Waals surface area (Å²) in [5.41, 5.74) is 2.46. The van der Waals surface area contributed by atoms with Crippen LogP contribution in [0.1, 0.15) is 48.0 Å². The number of hydrogen-bond acceptors (Lipinski definition) is 4. The van der Waals surface area contributed by atoms with E-state index in [-0.39, 0.29) is 23.4 Å². The van der Waals surface area contributed by atoms with Gasteiger partial charge in [-0.1, -0.05) is 36.4 Å². The van der Waals surface area contributed by atoms with Gasteiger partial charge in [0.25, 0.3) is 0 Å². The Morgan fingerprint density at radius 3 is 1.29 bits per heavy atom. The molecule has 164 valence electrons. The molecule has 4 heteroatoms. The average molecular weight is 417 g/mol. The molecule has 0 radical (unpaired) electrons. The highest BCUT2D eigenvalue weighted by Crippen LogP contribution is 2.38. The highest BCUT2D eigenvalue weighted by molar-refractivity contribution is 5.52. The summed E-state index contributed by atoms with van der Waals surface area (Å²) in [4.78, 5) is 9.71. The van der Waals surface area contributed by atoms with Crippen molar-refractivity contribution in [2.75, 3.05) is 9.80 Å². The minimum Gasteiger partial charge on any atom is -0.351 e. The minimum absolute atomic E-state index is 0.00330. The summed E-state index contributed by atoms with van der Waals surface area (Å²) in [7, 11) is 0. The van der Waals surface area contributed by atoms with Crippen molar-refractivity contribution in [1.29, 1.82) is 0 Å². The van der Waals surface area contributed by atoms with Crippen molar-refractivity contribution >= 4 is 11.4 Å². The normalized spacial score (nSPS) is 21.5. The van der Waals surface area contributed by atoms with E-state index in [0.29, 0.717) is 0 Å². The third-order valence-electron chi connectivity index (χ3n) is 6.76. The molecule has 2 aromatic carbocycles. The van der Waals surface area contributed by atoms with Crippen molar-refractivity contribution in [2.45, 2.75) is 71.4 Å². The Bertz CT molecular complexity index is 855. The van der Waals surface area contributed by atoms with E-state index in [1.54, 1.807) is 0 Å². The molecule has 0 saturated heterocycles. The third kappa shape index (κ3) is 4.04. The number of para-hydroxylation sites is 2. The van der Waals surface area contributed by atoms with E-state index in [9.17, 15) is 0 Å². The zero-order valence-electron chi connectivity index (χ0n) is 19.7. The molecule has 2 atom stereocenters. The maximum absolute atomic E-state index is 2.50. The first-order valence-electron chi connectivity index (χ1n) is 11.3. The SMILES string of the molecule is C[C@@H]1N(c2ccccc2)C=CN1C(C)(C)CC(C)(C)N1C=CN(c2ccccc2)[C@@H]1C. The molecule has 0 aliphatic carbocycles. The molecule has 0 bridgehead atoms. The smallest absolute Gasteiger partial charge is 0.103 e. The van der Waals surface area contributed by atoms with Gasteiger partial charge in [-0.25, -0.2) is 0 Å². The van der Waals surface area contributed by atoms with Gasteiger partial charge in [0.15, 0.2) is 0 Å². The molecule has 2 aliphatic heterocycles. The van der Waals surface area contributed by atoms with Crippen molar-refractivity contribution in [3.05, 3.63) is 85.5 Å². The van der Waals surface area contributed by atoms with Crippen molar-refractivity contribution in [3.63, 3.8) is 0 Å². The van der Waals surface area contributed by atoms with Gasteiger partial charge in [-0.05, 0) is 72.2 Å². The second-order valence-electron chi connectivity index (χ2n) is 9.96. The van der Waals surface area contributed by atoms with Crippen LogP contribution in [0.15, 0.2) is 85.5 Å². The second-order valence-corrected chi connectivity index (χ2v) is 9.96. The van der Waals surface area contributed by atoms with Gasteiger partial charge in [0.1, 0.15) is 12.3 Å². The standard InChI is InChI=1S/C27H36N4/c1-22-28(24-13-9-7-10-14-24)17-19-30(22)26(3,4)21-27(5,6)31-20-18-29(23(31)2)25-15-11-8-12-16-25/h7-20,22-23H,21H2,1-6H3/t22-,23+. The van der Waals surface area contributed by atoms with Crippen molar-refractivity contribution in [1.82, 2.24) is 9.80 Å². The van der Waals surface area contributed by atoms with Gasteiger partial charge in [-0.2, -0.15) is 0 Å². The van der Waals surface area contributed by atoms with E-state index in [4.69, 9.17) is 0 Å². The van der Waals surface area contributed by atoms with Gasteiger partial charge in [0.2, 0.25) is 0 Å². The Morgan fingerprint density at radius 1 is 0.581 bits per heavy atom. The van der Waals surface area contributed by atoms with E-state index in [1.807, 2.05) is 0 Å². The summed E-state index contributed by atoms with van der Waals surface area (Å²) >= 11 is 0. The van der Waals surface area contributed by atoms with Gasteiger partial charge >= 0.3 is 0 Å². The Hall–Kier alpha value is -2.88. The highest BCUT2D eigenvalue weighted by atomic mass is 15.4. The summed E-state index contributed by atoms with van der Waals surface area (Å²) in [6, 6.07) is 21.3. The molecule has 4 rings (SSSR count). The fourth-order valence-corrected chi connectivity index (χ4v) is 5.51. The first kappa shape index (κ1) is 21.4. The molecule has 0 saturated carbocycles. The monoisotopic (exact) mass is 416 g/mol. The van der Waals surface area contributed by atoms with Gasteiger partial charge in [-0.3, -0.25) is 0 Å². The van der Waals surface area contributed by atoms with Crippen LogP contribution in [0, 0.1) is 0 Å². The summed E-state index contributed by atoms with van der Waals surface area (Å²) in [5.74, 6) is 0. The largest absolute Gasteiger partial charge is 0.351 e. The van der Waals surface area contributed by atoms with Gasteiger partial charge in [0, 0.05) is 47.3 Å². The Balaban J connectivity index is 1.48. The summed E-state index contributed by atoms with van der Waals surface area (Å²) in [6.07, 6.45) is 10.5. The van der Waals surface area contributed by atoms with E-state index in [1.165, 1.54) is 11.4 Å². The Morgan fingerprint density at radius 2 is 0.935 bits per heavy atom. The first-order valence-corrected chi connectivity index (χ1v) is 11.3. The molecule has 0 aromatic heterocycles. The molecule has 0 spiro atoms. The van der Waals surface area contributed by atoms with Crippen molar-refractivity contribution in [2.24, 2.45) is 0 Å². The summed E-state index contributed by atoms with van der Waals surface area (Å²) < 4.78 is 0. The van der Waals surface area contributed by atoms with E-state index in [0.717, 1.165) is 6.42 Å². The second kappa shape index (κ2) is 7.99. The molecule has 2 aliphatic rings. The van der Waals surface area contributed by atoms with Gasteiger partial charge < -0.3 is 19.6 Å². The van der Waals surface area contributed by atoms with Crippen molar-refractivity contribution in [3.8, 4) is 0 Å². The van der Waals surface area contributed by atoms with Crippen molar-refractivity contribution < 1.29 is 0 Å². The predicted octanol–water partition coefficient (Wildman–Crippen LogP) is 6.21. The predicted molar refractivity (Wildman–Crippen MR) is 131 cm³/mol. The third-order valence-corrected chi connectivity index (χ3v) is 6.76. The molecule has 2 heterocycles. The Kier molecular flexibility index (Phi) is 5.50. The van der Waals surface area contributed by atoms with Crippen LogP contribution in [-0.2, 0) is 0 Å².